The molecule has 1 unspecified atom stereocenters. The van der Waals surface area contributed by atoms with E-state index in [1.807, 2.05) is 80.6 Å². The summed E-state index contributed by atoms with van der Waals surface area (Å²) in [5, 5.41) is 10.8. The first-order valence-corrected chi connectivity index (χ1v) is 15.5. The molecule has 2 aromatic carbocycles. The van der Waals surface area contributed by atoms with E-state index >= 15 is 0 Å². The van der Waals surface area contributed by atoms with E-state index in [0.717, 1.165) is 12.1 Å². The van der Waals surface area contributed by atoms with Crippen molar-refractivity contribution in [2.45, 2.75) is 42.3 Å². The average molecular weight is 592 g/mol. The molecule has 7 atom stereocenters. The van der Waals surface area contributed by atoms with Crippen LogP contribution in [-0.4, -0.2) is 69.5 Å². The van der Waals surface area contributed by atoms with Crippen LogP contribution in [-0.2, 0) is 14.4 Å². The van der Waals surface area contributed by atoms with E-state index in [-0.39, 0.29) is 35.5 Å². The lowest BCUT2D eigenvalue weighted by Crippen LogP contribution is -2.58. The second-order valence-electron chi connectivity index (χ2n) is 11.2. The maximum absolute atomic E-state index is 14.7. The molecule has 4 heterocycles. The van der Waals surface area contributed by atoms with Crippen molar-refractivity contribution in [1.29, 1.82) is 0 Å². The number of carbonyl (C=O) groups is 3. The Hall–Kier alpha value is -3.07. The summed E-state index contributed by atoms with van der Waals surface area (Å²) < 4.78 is -0.972. The van der Waals surface area contributed by atoms with Crippen molar-refractivity contribution < 1.29 is 19.5 Å². The van der Waals surface area contributed by atoms with Gasteiger partial charge in [0.1, 0.15) is 6.04 Å². The number of halogens is 1. The van der Waals surface area contributed by atoms with Crippen LogP contribution in [0.4, 0.5) is 11.4 Å². The molecule has 2 saturated heterocycles. The Labute approximate surface area is 249 Å². The molecule has 6 rings (SSSR count). The van der Waals surface area contributed by atoms with E-state index in [1.165, 1.54) is 11.8 Å². The standard InChI is InChI=1S/C32H34ClN3O4S/c1-3-20(2)24(19-37)36-28-31(40)35(23-14-8-7-13-22(23)33)18-10-16-32(28)27(30(36)39)26-25(41-32)15-9-17-34(29(26)38)21-11-5-4-6-12-21/h4-16,20,24-28,37H,3,17-19H2,1-2H3/t20-,24-,25+,26-,27-,28?,32-/m0/s1. The number of para-hydroxylation sites is 2. The van der Waals surface area contributed by atoms with Crippen molar-refractivity contribution in [3.8, 4) is 0 Å². The first-order chi connectivity index (χ1) is 19.8. The number of carbonyl (C=O) groups excluding carboxylic acids is 3. The number of hydrogen-bond donors (Lipinski definition) is 1. The molecular formula is C32H34ClN3O4S. The minimum absolute atomic E-state index is 0.0556. The lowest BCUT2D eigenvalue weighted by Gasteiger charge is -2.40. The fourth-order valence-corrected chi connectivity index (χ4v) is 9.21. The van der Waals surface area contributed by atoms with Crippen molar-refractivity contribution in [2.75, 3.05) is 29.5 Å². The Bertz CT molecular complexity index is 1420. The van der Waals surface area contributed by atoms with Crippen LogP contribution in [0.1, 0.15) is 20.3 Å². The van der Waals surface area contributed by atoms with Crippen LogP contribution in [0, 0.1) is 17.8 Å². The zero-order chi connectivity index (χ0) is 28.9. The van der Waals surface area contributed by atoms with Gasteiger partial charge in [-0.2, -0.15) is 0 Å². The van der Waals surface area contributed by atoms with E-state index in [9.17, 15) is 19.5 Å². The quantitative estimate of drug-likeness (QED) is 0.499. The summed E-state index contributed by atoms with van der Waals surface area (Å²) >= 11 is 8.10. The molecular weight excluding hydrogens is 558 g/mol. The van der Waals surface area contributed by atoms with Crippen LogP contribution in [0.5, 0.6) is 0 Å². The molecule has 41 heavy (non-hydrogen) atoms. The molecule has 7 nitrogen and oxygen atoms in total. The largest absolute Gasteiger partial charge is 0.394 e. The third-order valence-corrected chi connectivity index (χ3v) is 11.2. The maximum atomic E-state index is 14.7. The number of anilines is 2. The highest BCUT2D eigenvalue weighted by Crippen LogP contribution is 2.62. The third-order valence-electron chi connectivity index (χ3n) is 9.15. The van der Waals surface area contributed by atoms with Crippen LogP contribution in [0.2, 0.25) is 5.02 Å². The number of benzene rings is 2. The highest BCUT2D eigenvalue weighted by molar-refractivity contribution is 8.02. The van der Waals surface area contributed by atoms with Crippen LogP contribution >= 0.6 is 23.4 Å². The molecule has 0 bridgehead atoms. The zero-order valence-electron chi connectivity index (χ0n) is 23.1. The van der Waals surface area contributed by atoms with Crippen LogP contribution in [0.15, 0.2) is 78.9 Å². The van der Waals surface area contributed by atoms with Gasteiger partial charge >= 0.3 is 0 Å². The molecule has 0 saturated carbocycles. The summed E-state index contributed by atoms with van der Waals surface area (Å²) in [6, 6.07) is 15.2. The normalized spacial score (nSPS) is 30.5. The van der Waals surface area contributed by atoms with Gasteiger partial charge in [0.2, 0.25) is 11.8 Å². The SMILES string of the molecule is CC[C@H](C)[C@H](CO)N1C(=O)[C@@H]2[C@H]3C(=O)N(c4ccccc4)CC=C[C@H]3S[C@@]23C=CCN(c2ccccc2Cl)C(=O)C13. The Kier molecular flexibility index (Phi) is 7.51. The van der Waals surface area contributed by atoms with Gasteiger partial charge in [-0.3, -0.25) is 14.4 Å². The fourth-order valence-electron chi connectivity index (χ4n) is 6.97. The van der Waals surface area contributed by atoms with Crippen molar-refractivity contribution >= 4 is 52.5 Å². The monoisotopic (exact) mass is 591 g/mol. The number of thioether (sulfide) groups is 1. The zero-order valence-corrected chi connectivity index (χ0v) is 24.7. The summed E-state index contributed by atoms with van der Waals surface area (Å²) in [5.74, 6) is -2.08. The maximum Gasteiger partial charge on any atom is 0.251 e. The van der Waals surface area contributed by atoms with Gasteiger partial charge in [-0.05, 0) is 30.2 Å². The average Bonchev–Trinajstić information content (AvgIpc) is 3.30. The predicted octanol–water partition coefficient (Wildman–Crippen LogP) is 4.55. The molecule has 4 aliphatic heterocycles. The van der Waals surface area contributed by atoms with Gasteiger partial charge in [0.25, 0.3) is 5.91 Å². The Morgan fingerprint density at radius 1 is 0.976 bits per heavy atom. The number of aliphatic hydroxyl groups excluding tert-OH is 1. The Balaban J connectivity index is 1.49. The lowest BCUT2D eigenvalue weighted by molar-refractivity contribution is -0.142. The van der Waals surface area contributed by atoms with Gasteiger partial charge < -0.3 is 19.8 Å². The smallest absolute Gasteiger partial charge is 0.251 e. The van der Waals surface area contributed by atoms with Gasteiger partial charge in [0.15, 0.2) is 0 Å². The van der Waals surface area contributed by atoms with E-state index in [1.54, 1.807) is 26.8 Å². The van der Waals surface area contributed by atoms with E-state index in [4.69, 9.17) is 11.6 Å². The summed E-state index contributed by atoms with van der Waals surface area (Å²) in [6.45, 7) is 4.44. The molecule has 4 aliphatic rings. The summed E-state index contributed by atoms with van der Waals surface area (Å²) in [6.07, 6.45) is 8.67. The second kappa shape index (κ2) is 11.0. The number of rotatable bonds is 6. The Morgan fingerprint density at radius 3 is 2.39 bits per heavy atom. The highest BCUT2D eigenvalue weighted by Gasteiger charge is 2.72. The first-order valence-electron chi connectivity index (χ1n) is 14.2. The molecule has 9 heteroatoms. The van der Waals surface area contributed by atoms with Gasteiger partial charge in [0, 0.05) is 24.0 Å². The highest BCUT2D eigenvalue weighted by atomic mass is 35.5. The second-order valence-corrected chi connectivity index (χ2v) is 13.1. The molecule has 2 fully saturated rings. The van der Waals surface area contributed by atoms with Gasteiger partial charge in [-0.1, -0.05) is 86.5 Å². The molecule has 3 amide bonds. The molecule has 1 N–H and O–H groups in total. The molecule has 2 aromatic rings. The van der Waals surface area contributed by atoms with Crippen LogP contribution in [0.3, 0.4) is 0 Å². The number of aliphatic hydroxyl groups is 1. The van der Waals surface area contributed by atoms with E-state index in [2.05, 4.69) is 0 Å². The fraction of sp³-hybridized carbons (Fsp3) is 0.406. The van der Waals surface area contributed by atoms with Gasteiger partial charge in [0.05, 0.1) is 39.9 Å². The molecule has 0 aromatic heterocycles. The van der Waals surface area contributed by atoms with E-state index < -0.39 is 28.7 Å². The molecule has 0 aliphatic carbocycles. The van der Waals surface area contributed by atoms with Crippen molar-refractivity contribution in [3.05, 3.63) is 83.9 Å². The minimum atomic E-state index is -0.972. The minimum Gasteiger partial charge on any atom is -0.394 e. The third kappa shape index (κ3) is 4.34. The summed E-state index contributed by atoms with van der Waals surface area (Å²) in [4.78, 5) is 48.7. The summed E-state index contributed by atoms with van der Waals surface area (Å²) in [7, 11) is 0. The molecule has 214 valence electrons. The lowest BCUT2D eigenvalue weighted by atomic mass is 9.78. The number of likely N-dealkylation sites (tertiary alicyclic amines) is 1. The predicted molar refractivity (Wildman–Crippen MR) is 163 cm³/mol. The van der Waals surface area contributed by atoms with Crippen LogP contribution in [0.25, 0.3) is 0 Å². The topological polar surface area (TPSA) is 81.2 Å². The van der Waals surface area contributed by atoms with Gasteiger partial charge in [-0.15, -0.1) is 11.8 Å². The Morgan fingerprint density at radius 2 is 1.68 bits per heavy atom. The molecule has 1 spiro atoms. The number of hydrogen-bond acceptors (Lipinski definition) is 5. The summed E-state index contributed by atoms with van der Waals surface area (Å²) in [5.41, 5.74) is 1.35. The van der Waals surface area contributed by atoms with Crippen molar-refractivity contribution in [1.82, 2.24) is 4.90 Å². The van der Waals surface area contributed by atoms with Crippen LogP contribution < -0.4 is 9.80 Å². The number of fused-ring (bicyclic) bond motifs is 2. The first kappa shape index (κ1) is 28.1. The van der Waals surface area contributed by atoms with Gasteiger partial charge in [-0.25, -0.2) is 0 Å². The van der Waals surface area contributed by atoms with Crippen molar-refractivity contribution in [2.24, 2.45) is 17.8 Å². The van der Waals surface area contributed by atoms with Crippen molar-refractivity contribution in [3.63, 3.8) is 0 Å². The molecule has 0 radical (unpaired) electrons. The van der Waals surface area contributed by atoms with E-state index in [0.29, 0.717) is 23.8 Å². The number of nitrogens with zero attached hydrogens (tertiary/aromatic N) is 3. The number of amides is 3.